The number of rotatable bonds is 6. The van der Waals surface area contributed by atoms with Crippen LogP contribution in [0.15, 0.2) is 65.5 Å². The van der Waals surface area contributed by atoms with Gasteiger partial charge in [-0.15, -0.1) is 0 Å². The molecule has 1 aliphatic rings. The normalized spacial score (nSPS) is 12.3. The first-order valence-electron chi connectivity index (χ1n) is 9.28. The zero-order valence-corrected chi connectivity index (χ0v) is 15.9. The number of benzene rings is 2. The number of nitrogens with one attached hydrogen (secondary N) is 1. The molecule has 0 unspecified atom stereocenters. The van der Waals surface area contributed by atoms with Crippen molar-refractivity contribution in [1.29, 1.82) is 0 Å². The van der Waals surface area contributed by atoms with Gasteiger partial charge in [-0.25, -0.2) is 9.07 Å². The Bertz CT molecular complexity index is 1160. The van der Waals surface area contributed by atoms with Crippen molar-refractivity contribution in [3.8, 4) is 22.8 Å². The molecule has 1 aromatic heterocycles. The fourth-order valence-electron chi connectivity index (χ4n) is 2.92. The average molecular weight is 407 g/mol. The first-order chi connectivity index (χ1) is 14.6. The van der Waals surface area contributed by atoms with Crippen molar-refractivity contribution in [2.24, 2.45) is 0 Å². The van der Waals surface area contributed by atoms with Crippen molar-refractivity contribution >= 4 is 12.0 Å². The van der Waals surface area contributed by atoms with Crippen LogP contribution in [-0.4, -0.2) is 29.0 Å². The van der Waals surface area contributed by atoms with Gasteiger partial charge < -0.3 is 14.8 Å². The maximum absolute atomic E-state index is 13.1. The van der Waals surface area contributed by atoms with E-state index in [1.54, 1.807) is 36.4 Å². The second-order valence-electron chi connectivity index (χ2n) is 6.52. The highest BCUT2D eigenvalue weighted by atomic mass is 19.1. The van der Waals surface area contributed by atoms with Gasteiger partial charge in [-0.1, -0.05) is 6.07 Å². The lowest BCUT2D eigenvalue weighted by molar-refractivity contribution is -0.116. The van der Waals surface area contributed by atoms with E-state index in [1.165, 1.54) is 29.0 Å². The molecule has 2 aromatic carbocycles. The summed E-state index contributed by atoms with van der Waals surface area (Å²) in [5, 5.41) is 7.00. The van der Waals surface area contributed by atoms with E-state index in [9.17, 15) is 14.0 Å². The van der Waals surface area contributed by atoms with Gasteiger partial charge in [-0.2, -0.15) is 5.10 Å². The first kappa shape index (κ1) is 19.4. The lowest BCUT2D eigenvalue weighted by atomic mass is 10.1. The van der Waals surface area contributed by atoms with E-state index < -0.39 is 0 Å². The van der Waals surface area contributed by atoms with Gasteiger partial charge in [0.25, 0.3) is 5.56 Å². The van der Waals surface area contributed by atoms with Crippen molar-refractivity contribution in [3.63, 3.8) is 0 Å². The highest BCUT2D eigenvalue weighted by Gasteiger charge is 2.12. The number of fused-ring (bicyclic) bond motifs is 1. The summed E-state index contributed by atoms with van der Waals surface area (Å²) in [6.45, 7) is 0.625. The van der Waals surface area contributed by atoms with Gasteiger partial charge in [0, 0.05) is 24.3 Å². The lowest BCUT2D eigenvalue weighted by Crippen LogP contribution is -2.31. The Kier molecular flexibility index (Phi) is 5.56. The number of aromatic nitrogens is 2. The molecule has 1 amide bonds. The molecule has 0 saturated heterocycles. The van der Waals surface area contributed by atoms with Crippen molar-refractivity contribution in [1.82, 2.24) is 15.1 Å². The summed E-state index contributed by atoms with van der Waals surface area (Å²) in [5.41, 5.74) is 1.76. The number of halogens is 1. The predicted molar refractivity (Wildman–Crippen MR) is 108 cm³/mol. The Morgan fingerprint density at radius 3 is 2.73 bits per heavy atom. The van der Waals surface area contributed by atoms with Crippen LogP contribution < -0.4 is 20.3 Å². The molecular formula is C22H18FN3O4. The molecule has 30 heavy (non-hydrogen) atoms. The van der Waals surface area contributed by atoms with E-state index in [0.717, 1.165) is 5.56 Å². The maximum Gasteiger partial charge on any atom is 0.266 e. The zero-order chi connectivity index (χ0) is 20.9. The number of carbonyl (C=O) groups excluding carboxylic acids is 1. The van der Waals surface area contributed by atoms with E-state index in [0.29, 0.717) is 22.8 Å². The van der Waals surface area contributed by atoms with Crippen LogP contribution in [0.4, 0.5) is 4.39 Å². The Morgan fingerprint density at radius 1 is 1.10 bits per heavy atom. The summed E-state index contributed by atoms with van der Waals surface area (Å²) in [7, 11) is 0. The summed E-state index contributed by atoms with van der Waals surface area (Å²) < 4.78 is 24.9. The minimum Gasteiger partial charge on any atom is -0.454 e. The molecule has 0 saturated carbocycles. The average Bonchev–Trinajstić information content (AvgIpc) is 3.22. The van der Waals surface area contributed by atoms with Gasteiger partial charge in [0.1, 0.15) is 5.82 Å². The Labute approximate surface area is 171 Å². The molecule has 4 rings (SSSR count). The molecule has 7 nitrogen and oxygen atoms in total. The molecular weight excluding hydrogens is 389 g/mol. The Balaban J connectivity index is 1.34. The van der Waals surface area contributed by atoms with Gasteiger partial charge in [-0.05, 0) is 54.1 Å². The number of hydrogen-bond donors (Lipinski definition) is 1. The minimum absolute atomic E-state index is 0.193. The van der Waals surface area contributed by atoms with Crippen LogP contribution in [0.25, 0.3) is 17.3 Å². The van der Waals surface area contributed by atoms with Gasteiger partial charge >= 0.3 is 0 Å². The SMILES string of the molecule is O=C(/C=C/c1ccc2c(c1)OCO2)NCCn1nc(-c2ccc(F)cc2)ccc1=O. The third-order valence-electron chi connectivity index (χ3n) is 4.45. The van der Waals surface area contributed by atoms with E-state index in [-0.39, 0.29) is 37.2 Å². The molecule has 1 N–H and O–H groups in total. The summed E-state index contributed by atoms with van der Waals surface area (Å²) in [5.74, 6) is 0.681. The van der Waals surface area contributed by atoms with Crippen molar-refractivity contribution in [3.05, 3.63) is 82.4 Å². The van der Waals surface area contributed by atoms with Crippen LogP contribution in [-0.2, 0) is 11.3 Å². The molecule has 0 bridgehead atoms. The highest BCUT2D eigenvalue weighted by Crippen LogP contribution is 2.32. The maximum atomic E-state index is 13.1. The van der Waals surface area contributed by atoms with Crippen LogP contribution in [0.1, 0.15) is 5.56 Å². The second-order valence-corrected chi connectivity index (χ2v) is 6.52. The summed E-state index contributed by atoms with van der Waals surface area (Å²) in [6.07, 6.45) is 3.07. The van der Waals surface area contributed by atoms with Crippen LogP contribution in [0.5, 0.6) is 11.5 Å². The second kappa shape index (κ2) is 8.60. The summed E-state index contributed by atoms with van der Waals surface area (Å²) in [4.78, 5) is 24.1. The van der Waals surface area contributed by atoms with Crippen molar-refractivity contribution in [2.45, 2.75) is 6.54 Å². The molecule has 152 valence electrons. The topological polar surface area (TPSA) is 82.4 Å². The molecule has 0 spiro atoms. The van der Waals surface area contributed by atoms with Crippen molar-refractivity contribution < 1.29 is 18.7 Å². The van der Waals surface area contributed by atoms with E-state index in [2.05, 4.69) is 10.4 Å². The number of ether oxygens (including phenoxy) is 2. The predicted octanol–water partition coefficient (Wildman–Crippen LogP) is 2.61. The van der Waals surface area contributed by atoms with E-state index in [4.69, 9.17) is 9.47 Å². The number of amides is 1. The monoisotopic (exact) mass is 407 g/mol. The fourth-order valence-corrected chi connectivity index (χ4v) is 2.92. The molecule has 0 fully saturated rings. The van der Waals surface area contributed by atoms with Gasteiger partial charge in [-0.3, -0.25) is 9.59 Å². The van der Waals surface area contributed by atoms with Crippen molar-refractivity contribution in [2.75, 3.05) is 13.3 Å². The van der Waals surface area contributed by atoms with Gasteiger partial charge in [0.05, 0.1) is 12.2 Å². The summed E-state index contributed by atoms with van der Waals surface area (Å²) in [6, 6.07) is 14.2. The standard InChI is InChI=1S/C22H18FN3O4/c23-17-5-3-16(4-6-17)18-7-10-22(28)26(25-18)12-11-24-21(27)9-2-15-1-8-19-20(13-15)30-14-29-19/h1-10,13H,11-12,14H2,(H,24,27)/b9-2+. The molecule has 0 radical (unpaired) electrons. The molecule has 2 heterocycles. The largest absolute Gasteiger partial charge is 0.454 e. The van der Waals surface area contributed by atoms with Crippen LogP contribution in [0, 0.1) is 5.82 Å². The molecule has 0 atom stereocenters. The smallest absolute Gasteiger partial charge is 0.266 e. The van der Waals surface area contributed by atoms with Crippen LogP contribution in [0.3, 0.4) is 0 Å². The quantitative estimate of drug-likeness (QED) is 0.636. The van der Waals surface area contributed by atoms with Crippen LogP contribution in [0.2, 0.25) is 0 Å². The first-order valence-corrected chi connectivity index (χ1v) is 9.28. The summed E-state index contributed by atoms with van der Waals surface area (Å²) >= 11 is 0. The minimum atomic E-state index is -0.344. The molecule has 8 heteroatoms. The molecule has 0 aliphatic carbocycles. The fraction of sp³-hybridized carbons (Fsp3) is 0.136. The number of hydrogen-bond acceptors (Lipinski definition) is 5. The van der Waals surface area contributed by atoms with Gasteiger partial charge in [0.2, 0.25) is 12.7 Å². The molecule has 1 aliphatic heterocycles. The third kappa shape index (κ3) is 4.54. The molecule has 3 aromatic rings. The number of nitrogens with zero attached hydrogens (tertiary/aromatic N) is 2. The Morgan fingerprint density at radius 2 is 1.90 bits per heavy atom. The van der Waals surface area contributed by atoms with Gasteiger partial charge in [0.15, 0.2) is 11.5 Å². The third-order valence-corrected chi connectivity index (χ3v) is 4.45. The van der Waals surface area contributed by atoms with E-state index >= 15 is 0 Å². The van der Waals surface area contributed by atoms with E-state index in [1.807, 2.05) is 6.07 Å². The Hall–Kier alpha value is -3.94. The zero-order valence-electron chi connectivity index (χ0n) is 15.9. The highest BCUT2D eigenvalue weighted by molar-refractivity contribution is 5.91. The lowest BCUT2D eigenvalue weighted by Gasteiger charge is -2.08. The van der Waals surface area contributed by atoms with Crippen LogP contribution >= 0.6 is 0 Å². The number of carbonyl (C=O) groups is 1.